The first-order chi connectivity index (χ1) is 5.86. The zero-order valence-electron chi connectivity index (χ0n) is 7.59. The van der Waals surface area contributed by atoms with Crippen molar-refractivity contribution in [2.75, 3.05) is 0 Å². The van der Waals surface area contributed by atoms with Crippen LogP contribution >= 0.6 is 0 Å². The Balaban J connectivity index is 3.08. The Morgan fingerprint density at radius 2 is 1.54 bits per heavy atom. The van der Waals surface area contributed by atoms with Gasteiger partial charge in [-0.25, -0.2) is 0 Å². The van der Waals surface area contributed by atoms with E-state index in [0.717, 1.165) is 13.8 Å². The first kappa shape index (κ1) is 10.1. The number of rotatable bonds is 2. The normalized spacial score (nSPS) is 13.0. The van der Waals surface area contributed by atoms with Gasteiger partial charge in [0.2, 0.25) is 0 Å². The highest BCUT2D eigenvalue weighted by Gasteiger charge is 2.46. The van der Waals surface area contributed by atoms with Crippen molar-refractivity contribution < 1.29 is 13.9 Å². The zero-order valence-corrected chi connectivity index (χ0v) is 7.59. The number of benzene rings is 1. The van der Waals surface area contributed by atoms with E-state index in [1.54, 1.807) is 6.07 Å². The molecule has 0 saturated carbocycles. The molecule has 0 atom stereocenters. The second-order valence-electron chi connectivity index (χ2n) is 3.50. The van der Waals surface area contributed by atoms with E-state index in [4.69, 9.17) is 0 Å². The molecule has 0 bridgehead atoms. The van der Waals surface area contributed by atoms with Gasteiger partial charge in [0.05, 0.1) is 0 Å². The average molecular weight is 186 g/mol. The number of aliphatic hydroxyl groups is 1. The molecule has 3 heteroatoms. The molecular formula is C10H12F2O. The van der Waals surface area contributed by atoms with Crippen LogP contribution in [0.2, 0.25) is 0 Å². The molecular weight excluding hydrogens is 174 g/mol. The molecule has 1 nitrogen and oxygen atoms in total. The third-order valence-corrected chi connectivity index (χ3v) is 1.90. The van der Waals surface area contributed by atoms with E-state index in [-0.39, 0.29) is 5.56 Å². The van der Waals surface area contributed by atoms with Gasteiger partial charge in [-0.1, -0.05) is 30.3 Å². The van der Waals surface area contributed by atoms with Crippen LogP contribution in [-0.4, -0.2) is 10.7 Å². The summed E-state index contributed by atoms with van der Waals surface area (Å²) in [4.78, 5) is 0. The Hall–Kier alpha value is -0.960. The molecule has 13 heavy (non-hydrogen) atoms. The van der Waals surface area contributed by atoms with Crippen LogP contribution in [0.25, 0.3) is 0 Å². The molecule has 0 radical (unpaired) electrons. The zero-order chi connectivity index (χ0) is 10.1. The maximum absolute atomic E-state index is 13.4. The van der Waals surface area contributed by atoms with Crippen molar-refractivity contribution in [2.45, 2.75) is 25.4 Å². The van der Waals surface area contributed by atoms with Gasteiger partial charge in [-0.2, -0.15) is 8.78 Å². The van der Waals surface area contributed by atoms with Crippen LogP contribution in [0.5, 0.6) is 0 Å². The van der Waals surface area contributed by atoms with Gasteiger partial charge in [-0.15, -0.1) is 0 Å². The summed E-state index contributed by atoms with van der Waals surface area (Å²) in [6, 6.07) is 7.31. The molecule has 0 aliphatic rings. The molecule has 0 unspecified atom stereocenters. The summed E-state index contributed by atoms with van der Waals surface area (Å²) < 4.78 is 26.8. The van der Waals surface area contributed by atoms with E-state index in [9.17, 15) is 13.9 Å². The lowest BCUT2D eigenvalue weighted by Gasteiger charge is -2.29. The van der Waals surface area contributed by atoms with E-state index in [0.29, 0.717) is 0 Å². The summed E-state index contributed by atoms with van der Waals surface area (Å²) in [6.07, 6.45) is 0. The van der Waals surface area contributed by atoms with Crippen LogP contribution in [0.15, 0.2) is 30.3 Å². The quantitative estimate of drug-likeness (QED) is 0.752. The van der Waals surface area contributed by atoms with E-state index in [1.165, 1.54) is 24.3 Å². The van der Waals surface area contributed by atoms with Gasteiger partial charge in [-0.3, -0.25) is 0 Å². The smallest absolute Gasteiger partial charge is 0.300 e. The lowest BCUT2D eigenvalue weighted by molar-refractivity contribution is -0.168. The minimum absolute atomic E-state index is 0.164. The van der Waals surface area contributed by atoms with Gasteiger partial charge >= 0.3 is 5.92 Å². The van der Waals surface area contributed by atoms with Crippen LogP contribution in [0.1, 0.15) is 19.4 Å². The SMILES string of the molecule is CC(C)(O)C(F)(F)c1ccccc1. The number of alkyl halides is 2. The molecule has 0 aliphatic heterocycles. The largest absolute Gasteiger partial charge is 0.384 e. The predicted octanol–water partition coefficient (Wildman–Crippen LogP) is 2.55. The van der Waals surface area contributed by atoms with Gasteiger partial charge in [-0.05, 0) is 13.8 Å². The standard InChI is InChI=1S/C10H12F2O/c1-9(2,13)10(11,12)8-6-4-3-5-7-8/h3-7,13H,1-2H3. The van der Waals surface area contributed by atoms with Gasteiger partial charge in [0.1, 0.15) is 5.60 Å². The first-order valence-corrected chi connectivity index (χ1v) is 4.01. The molecule has 0 spiro atoms. The third kappa shape index (κ3) is 1.86. The van der Waals surface area contributed by atoms with Crippen molar-refractivity contribution in [3.63, 3.8) is 0 Å². The van der Waals surface area contributed by atoms with Gasteiger partial charge in [0.25, 0.3) is 0 Å². The Labute approximate surface area is 76.0 Å². The third-order valence-electron chi connectivity index (χ3n) is 1.90. The average Bonchev–Trinajstić information content (AvgIpc) is 2.04. The van der Waals surface area contributed by atoms with E-state index in [1.807, 2.05) is 0 Å². The van der Waals surface area contributed by atoms with Gasteiger partial charge in [0.15, 0.2) is 0 Å². The fourth-order valence-electron chi connectivity index (χ4n) is 1.00. The van der Waals surface area contributed by atoms with Crippen molar-refractivity contribution in [3.05, 3.63) is 35.9 Å². The molecule has 0 saturated heterocycles. The Bertz CT molecular complexity index is 275. The van der Waals surface area contributed by atoms with E-state index < -0.39 is 11.5 Å². The highest BCUT2D eigenvalue weighted by Crippen LogP contribution is 2.38. The summed E-state index contributed by atoms with van der Waals surface area (Å²) in [5.41, 5.74) is -2.20. The lowest BCUT2D eigenvalue weighted by Crippen LogP contribution is -2.40. The molecule has 72 valence electrons. The molecule has 1 N–H and O–H groups in total. The minimum atomic E-state index is -3.21. The first-order valence-electron chi connectivity index (χ1n) is 4.01. The predicted molar refractivity (Wildman–Crippen MR) is 46.6 cm³/mol. The van der Waals surface area contributed by atoms with Crippen LogP contribution < -0.4 is 0 Å². The van der Waals surface area contributed by atoms with E-state index in [2.05, 4.69) is 0 Å². The Morgan fingerprint density at radius 1 is 1.08 bits per heavy atom. The fraction of sp³-hybridized carbons (Fsp3) is 0.400. The van der Waals surface area contributed by atoms with Crippen molar-refractivity contribution >= 4 is 0 Å². The second-order valence-corrected chi connectivity index (χ2v) is 3.50. The van der Waals surface area contributed by atoms with Crippen molar-refractivity contribution in [1.82, 2.24) is 0 Å². The molecule has 1 aromatic rings. The topological polar surface area (TPSA) is 20.2 Å². The highest BCUT2D eigenvalue weighted by atomic mass is 19.3. The summed E-state index contributed by atoms with van der Waals surface area (Å²) in [5, 5.41) is 9.25. The van der Waals surface area contributed by atoms with Crippen LogP contribution in [0.4, 0.5) is 8.78 Å². The number of hydrogen-bond acceptors (Lipinski definition) is 1. The van der Waals surface area contributed by atoms with Crippen LogP contribution in [0.3, 0.4) is 0 Å². The molecule has 0 heterocycles. The van der Waals surface area contributed by atoms with Crippen molar-refractivity contribution in [1.29, 1.82) is 0 Å². The molecule has 1 rings (SSSR count). The second kappa shape index (κ2) is 3.07. The molecule has 0 fully saturated rings. The van der Waals surface area contributed by atoms with Crippen molar-refractivity contribution in [3.8, 4) is 0 Å². The van der Waals surface area contributed by atoms with Crippen molar-refractivity contribution in [2.24, 2.45) is 0 Å². The maximum atomic E-state index is 13.4. The molecule has 0 aliphatic carbocycles. The maximum Gasteiger partial charge on any atom is 0.300 e. The van der Waals surface area contributed by atoms with Gasteiger partial charge in [0, 0.05) is 5.56 Å². The molecule has 0 amide bonds. The number of halogens is 2. The lowest BCUT2D eigenvalue weighted by atomic mass is 9.94. The van der Waals surface area contributed by atoms with Crippen LogP contribution in [0, 0.1) is 0 Å². The monoisotopic (exact) mass is 186 g/mol. The molecule has 0 aromatic heterocycles. The summed E-state index contributed by atoms with van der Waals surface area (Å²) in [7, 11) is 0. The summed E-state index contributed by atoms with van der Waals surface area (Å²) in [6.45, 7) is 2.19. The van der Waals surface area contributed by atoms with Gasteiger partial charge < -0.3 is 5.11 Å². The van der Waals surface area contributed by atoms with Crippen LogP contribution in [-0.2, 0) is 5.92 Å². The fourth-order valence-corrected chi connectivity index (χ4v) is 1.00. The van der Waals surface area contributed by atoms with E-state index >= 15 is 0 Å². The highest BCUT2D eigenvalue weighted by molar-refractivity contribution is 5.22. The summed E-state index contributed by atoms with van der Waals surface area (Å²) in [5.74, 6) is -3.21. The minimum Gasteiger partial charge on any atom is -0.384 e. The number of hydrogen-bond donors (Lipinski definition) is 1. The summed E-state index contributed by atoms with van der Waals surface area (Å²) >= 11 is 0. The Morgan fingerprint density at radius 3 is 1.92 bits per heavy atom. The molecule has 1 aromatic carbocycles. The Kier molecular flexibility index (Phi) is 2.39.